The van der Waals surface area contributed by atoms with Crippen molar-refractivity contribution >= 4 is 29.2 Å². The molecule has 2 aromatic rings. The molecule has 0 radical (unpaired) electrons. The minimum atomic E-state index is -0.640. The Bertz CT molecular complexity index is 1010. The summed E-state index contributed by atoms with van der Waals surface area (Å²) in [5, 5.41) is 2.13. The van der Waals surface area contributed by atoms with E-state index in [1.54, 1.807) is 29.2 Å². The number of imide groups is 1. The zero-order chi connectivity index (χ0) is 17.7. The summed E-state index contributed by atoms with van der Waals surface area (Å²) in [5.74, 6) is -1.43. The zero-order valence-electron chi connectivity index (χ0n) is 13.1. The molecule has 8 nitrogen and oxygen atoms in total. The van der Waals surface area contributed by atoms with Gasteiger partial charge in [0.25, 0.3) is 17.4 Å². The molecule has 1 saturated heterocycles. The molecular formula is C17H14N4O4. The Morgan fingerprint density at radius 2 is 1.72 bits per heavy atom. The molecule has 126 valence electrons. The fourth-order valence-electron chi connectivity index (χ4n) is 3.31. The van der Waals surface area contributed by atoms with Crippen LogP contribution in [0.2, 0.25) is 0 Å². The first-order chi connectivity index (χ1) is 12.0. The van der Waals surface area contributed by atoms with E-state index in [-0.39, 0.29) is 22.9 Å². The third-order valence-corrected chi connectivity index (χ3v) is 4.44. The summed E-state index contributed by atoms with van der Waals surface area (Å²) >= 11 is 0. The number of hydrogen-bond donors (Lipinski definition) is 2. The van der Waals surface area contributed by atoms with Crippen LogP contribution in [0.25, 0.3) is 5.69 Å². The number of amides is 3. The first-order valence-electron chi connectivity index (χ1n) is 7.80. The average Bonchev–Trinajstić information content (AvgIpc) is 3.11. The molecule has 3 amide bonds. The molecule has 8 heteroatoms. The molecule has 1 aromatic heterocycles. The van der Waals surface area contributed by atoms with Crippen LogP contribution < -0.4 is 21.5 Å². The molecule has 3 heterocycles. The van der Waals surface area contributed by atoms with Gasteiger partial charge in [0.05, 0.1) is 22.5 Å². The predicted molar refractivity (Wildman–Crippen MR) is 89.8 cm³/mol. The van der Waals surface area contributed by atoms with Crippen molar-refractivity contribution < 1.29 is 14.4 Å². The lowest BCUT2D eigenvalue weighted by Gasteiger charge is -2.21. The van der Waals surface area contributed by atoms with E-state index in [2.05, 4.69) is 5.32 Å². The summed E-state index contributed by atoms with van der Waals surface area (Å²) in [6.07, 6.45) is 1.18. The Labute approximate surface area is 141 Å². The summed E-state index contributed by atoms with van der Waals surface area (Å²) in [6, 6.07) is 7.94. The molecule has 0 bridgehead atoms. The first kappa shape index (κ1) is 15.1. The molecule has 25 heavy (non-hydrogen) atoms. The Morgan fingerprint density at radius 3 is 2.40 bits per heavy atom. The van der Waals surface area contributed by atoms with E-state index in [1.165, 1.54) is 0 Å². The quantitative estimate of drug-likeness (QED) is 0.771. The van der Waals surface area contributed by atoms with Gasteiger partial charge in [-0.2, -0.15) is 0 Å². The predicted octanol–water partition coefficient (Wildman–Crippen LogP) is 0.430. The molecule has 4 rings (SSSR count). The van der Waals surface area contributed by atoms with Crippen molar-refractivity contribution in [2.24, 2.45) is 0 Å². The lowest BCUT2D eigenvalue weighted by atomic mass is 10.1. The van der Waals surface area contributed by atoms with Crippen molar-refractivity contribution in [2.45, 2.75) is 12.8 Å². The number of hydrogen-bond acceptors (Lipinski definition) is 5. The smallest absolute Gasteiger partial charge is 0.262 e. The number of carbonyl (C=O) groups is 3. The highest BCUT2D eigenvalue weighted by Gasteiger charge is 2.33. The van der Waals surface area contributed by atoms with Gasteiger partial charge in [0.15, 0.2) is 0 Å². The van der Waals surface area contributed by atoms with E-state index < -0.39 is 17.4 Å². The summed E-state index contributed by atoms with van der Waals surface area (Å²) in [5.41, 5.74) is 6.42. The third-order valence-electron chi connectivity index (χ3n) is 4.44. The Morgan fingerprint density at radius 1 is 1.00 bits per heavy atom. The summed E-state index contributed by atoms with van der Waals surface area (Å²) in [7, 11) is 0. The minimum Gasteiger partial charge on any atom is -0.384 e. The van der Waals surface area contributed by atoms with Gasteiger partial charge in [-0.25, -0.2) is 0 Å². The molecule has 0 spiro atoms. The molecule has 0 saturated carbocycles. The van der Waals surface area contributed by atoms with E-state index in [9.17, 15) is 19.2 Å². The Hall–Kier alpha value is -3.42. The minimum absolute atomic E-state index is 0.0212. The number of aromatic nitrogens is 1. The number of benzene rings is 1. The SMILES string of the molecule is Nc1c2c(cc(=O)n1-c1ccccc1N1CCCC1=O)C(=O)NC2=O. The monoisotopic (exact) mass is 338 g/mol. The number of anilines is 2. The van der Waals surface area contributed by atoms with Crippen molar-refractivity contribution in [1.82, 2.24) is 9.88 Å². The lowest BCUT2D eigenvalue weighted by Crippen LogP contribution is -2.29. The molecule has 0 aliphatic carbocycles. The van der Waals surface area contributed by atoms with Gasteiger partial charge >= 0.3 is 0 Å². The number of carbonyl (C=O) groups excluding carboxylic acids is 3. The van der Waals surface area contributed by atoms with Gasteiger partial charge in [0.1, 0.15) is 5.82 Å². The number of fused-ring (bicyclic) bond motifs is 1. The van der Waals surface area contributed by atoms with Gasteiger partial charge in [-0.05, 0) is 18.6 Å². The molecule has 1 fully saturated rings. The van der Waals surface area contributed by atoms with Crippen LogP contribution in [0, 0.1) is 0 Å². The fourth-order valence-corrected chi connectivity index (χ4v) is 3.31. The average molecular weight is 338 g/mol. The van der Waals surface area contributed by atoms with Gasteiger partial charge in [-0.3, -0.25) is 29.1 Å². The second kappa shape index (κ2) is 5.30. The Balaban J connectivity index is 1.97. The maximum absolute atomic E-state index is 12.6. The van der Waals surface area contributed by atoms with Crippen LogP contribution in [0.15, 0.2) is 35.1 Å². The summed E-state index contributed by atoms with van der Waals surface area (Å²) < 4.78 is 1.16. The van der Waals surface area contributed by atoms with Crippen LogP contribution in [0.1, 0.15) is 33.6 Å². The summed E-state index contributed by atoms with van der Waals surface area (Å²) in [4.78, 5) is 50.0. The highest BCUT2D eigenvalue weighted by Crippen LogP contribution is 2.30. The highest BCUT2D eigenvalue weighted by molar-refractivity contribution is 6.23. The van der Waals surface area contributed by atoms with E-state index in [0.717, 1.165) is 17.1 Å². The van der Waals surface area contributed by atoms with Crippen molar-refractivity contribution in [3.63, 3.8) is 0 Å². The van der Waals surface area contributed by atoms with Gasteiger partial charge in [-0.15, -0.1) is 0 Å². The van der Waals surface area contributed by atoms with Crippen LogP contribution in [0.5, 0.6) is 0 Å². The first-order valence-corrected chi connectivity index (χ1v) is 7.80. The van der Waals surface area contributed by atoms with Crippen LogP contribution in [-0.2, 0) is 4.79 Å². The number of rotatable bonds is 2. The molecule has 1 aromatic carbocycles. The third kappa shape index (κ3) is 2.14. The maximum Gasteiger partial charge on any atom is 0.262 e. The molecular weight excluding hydrogens is 324 g/mol. The van der Waals surface area contributed by atoms with Gasteiger partial charge in [0, 0.05) is 19.0 Å². The second-order valence-electron chi connectivity index (χ2n) is 5.91. The van der Waals surface area contributed by atoms with Crippen molar-refractivity contribution in [3.05, 3.63) is 51.8 Å². The lowest BCUT2D eigenvalue weighted by molar-refractivity contribution is -0.117. The van der Waals surface area contributed by atoms with Crippen LogP contribution in [-0.4, -0.2) is 28.8 Å². The molecule has 0 atom stereocenters. The summed E-state index contributed by atoms with van der Waals surface area (Å²) in [6.45, 7) is 0.550. The highest BCUT2D eigenvalue weighted by atomic mass is 16.2. The van der Waals surface area contributed by atoms with Gasteiger partial charge in [0.2, 0.25) is 5.91 Å². The molecule has 0 unspecified atom stereocenters. The molecule has 2 aliphatic rings. The number of nitrogens with one attached hydrogen (secondary N) is 1. The van der Waals surface area contributed by atoms with E-state index in [1.807, 2.05) is 0 Å². The normalized spacial score (nSPS) is 16.3. The van der Waals surface area contributed by atoms with Crippen LogP contribution >= 0.6 is 0 Å². The van der Waals surface area contributed by atoms with E-state index in [4.69, 9.17) is 5.73 Å². The van der Waals surface area contributed by atoms with E-state index in [0.29, 0.717) is 24.3 Å². The van der Waals surface area contributed by atoms with Crippen LogP contribution in [0.4, 0.5) is 11.5 Å². The van der Waals surface area contributed by atoms with Crippen molar-refractivity contribution in [1.29, 1.82) is 0 Å². The molecule has 3 N–H and O–H groups in total. The van der Waals surface area contributed by atoms with Crippen molar-refractivity contribution in [2.75, 3.05) is 17.2 Å². The van der Waals surface area contributed by atoms with E-state index >= 15 is 0 Å². The number of pyridine rings is 1. The zero-order valence-corrected chi connectivity index (χ0v) is 13.1. The fraction of sp³-hybridized carbons (Fsp3) is 0.176. The molecule has 2 aliphatic heterocycles. The second-order valence-corrected chi connectivity index (χ2v) is 5.91. The standard InChI is InChI=1S/C17H14N4O4/c18-15-14-9(16(24)19-17(14)25)8-13(23)21(15)11-5-2-1-4-10(11)20-7-3-6-12(20)22/h1-2,4-5,8H,3,6-7,18H2,(H,19,24,25). The number of para-hydroxylation sites is 2. The van der Waals surface area contributed by atoms with Crippen LogP contribution in [0.3, 0.4) is 0 Å². The number of nitrogen functional groups attached to an aromatic ring is 1. The Kier molecular flexibility index (Phi) is 3.21. The van der Waals surface area contributed by atoms with Gasteiger partial charge < -0.3 is 10.6 Å². The van der Waals surface area contributed by atoms with Gasteiger partial charge in [-0.1, -0.05) is 12.1 Å². The topological polar surface area (TPSA) is 114 Å². The largest absolute Gasteiger partial charge is 0.384 e. The number of nitrogens with zero attached hydrogens (tertiary/aromatic N) is 2. The number of nitrogens with two attached hydrogens (primary N) is 1. The van der Waals surface area contributed by atoms with Crippen molar-refractivity contribution in [3.8, 4) is 5.69 Å². The maximum atomic E-state index is 12.6.